The predicted octanol–water partition coefficient (Wildman–Crippen LogP) is 4.50. The van der Waals surface area contributed by atoms with Gasteiger partial charge in [-0.15, -0.1) is 0 Å². The molecule has 0 bridgehead atoms. The Hall–Kier alpha value is -4.28. The number of amides is 1. The number of nitro groups is 1. The molecule has 1 unspecified atom stereocenters. The maximum absolute atomic E-state index is 13.1. The van der Waals surface area contributed by atoms with E-state index in [-0.39, 0.29) is 21.7 Å². The molecule has 1 heterocycles. The lowest BCUT2D eigenvalue weighted by atomic mass is 9.98. The number of carbonyl (C=O) groups excluding carboxylic acids is 3. The highest BCUT2D eigenvalue weighted by Gasteiger charge is 2.25. The van der Waals surface area contributed by atoms with Crippen molar-refractivity contribution in [3.05, 3.63) is 98.6 Å². The van der Waals surface area contributed by atoms with Crippen LogP contribution >= 0.6 is 11.6 Å². The van der Waals surface area contributed by atoms with E-state index in [1.807, 2.05) is 12.1 Å². The van der Waals surface area contributed by atoms with Crippen molar-refractivity contribution in [3.8, 4) is 0 Å². The Morgan fingerprint density at radius 3 is 2.34 bits per heavy atom. The zero-order valence-corrected chi connectivity index (χ0v) is 21.1. The molecule has 0 aliphatic carbocycles. The molecular weight excluding hydrogens is 514 g/mol. The van der Waals surface area contributed by atoms with Gasteiger partial charge in [0.25, 0.3) is 11.6 Å². The molecule has 1 aliphatic heterocycles. The molecule has 3 aromatic rings. The van der Waals surface area contributed by atoms with Crippen LogP contribution in [0.1, 0.15) is 33.2 Å². The van der Waals surface area contributed by atoms with E-state index < -0.39 is 34.4 Å². The van der Waals surface area contributed by atoms with Crippen LogP contribution in [-0.4, -0.2) is 55.0 Å². The fraction of sp³-hybridized carbons (Fsp3) is 0.222. The Morgan fingerprint density at radius 2 is 1.68 bits per heavy atom. The van der Waals surface area contributed by atoms with E-state index in [2.05, 4.69) is 10.2 Å². The molecule has 1 fully saturated rings. The van der Waals surface area contributed by atoms with Crippen molar-refractivity contribution in [2.45, 2.75) is 13.0 Å². The number of ether oxygens (including phenoxy) is 2. The minimum absolute atomic E-state index is 0.0207. The van der Waals surface area contributed by atoms with Gasteiger partial charge in [-0.05, 0) is 49.4 Å². The number of hydrogen-bond acceptors (Lipinski definition) is 8. The SMILES string of the molecule is CC(OC(=O)c1ccccc1C(=O)c1ccc(Cl)c([N+](=O)[O-])c1)C(=O)Nc1ccc(N2CCOCC2)cc1. The summed E-state index contributed by atoms with van der Waals surface area (Å²) in [6, 6.07) is 16.8. The maximum Gasteiger partial charge on any atom is 0.339 e. The number of carbonyl (C=O) groups is 3. The van der Waals surface area contributed by atoms with Crippen molar-refractivity contribution in [1.82, 2.24) is 0 Å². The average molecular weight is 538 g/mol. The second-order valence-corrected chi connectivity index (χ2v) is 8.89. The number of nitrogens with one attached hydrogen (secondary N) is 1. The molecule has 11 heteroatoms. The molecule has 0 spiro atoms. The van der Waals surface area contributed by atoms with E-state index in [4.69, 9.17) is 21.1 Å². The first-order chi connectivity index (χ1) is 18.2. The smallest absolute Gasteiger partial charge is 0.339 e. The van der Waals surface area contributed by atoms with Crippen LogP contribution in [0.25, 0.3) is 0 Å². The summed E-state index contributed by atoms with van der Waals surface area (Å²) in [7, 11) is 0. The molecule has 0 radical (unpaired) electrons. The summed E-state index contributed by atoms with van der Waals surface area (Å²) in [5.41, 5.74) is 0.992. The summed E-state index contributed by atoms with van der Waals surface area (Å²) >= 11 is 5.84. The van der Waals surface area contributed by atoms with Crippen molar-refractivity contribution >= 4 is 46.3 Å². The van der Waals surface area contributed by atoms with E-state index in [0.29, 0.717) is 18.9 Å². The fourth-order valence-corrected chi connectivity index (χ4v) is 4.09. The number of nitrogens with zero attached hydrogens (tertiary/aromatic N) is 2. The first-order valence-electron chi connectivity index (χ1n) is 11.8. The minimum Gasteiger partial charge on any atom is -0.449 e. The number of benzene rings is 3. The first-order valence-corrected chi connectivity index (χ1v) is 12.1. The van der Waals surface area contributed by atoms with Crippen LogP contribution < -0.4 is 10.2 Å². The van der Waals surface area contributed by atoms with Gasteiger partial charge >= 0.3 is 5.97 Å². The third kappa shape index (κ3) is 6.16. The molecule has 1 amide bonds. The Labute approximate surface area is 223 Å². The molecule has 1 atom stereocenters. The van der Waals surface area contributed by atoms with Crippen molar-refractivity contribution in [3.63, 3.8) is 0 Å². The molecule has 3 aromatic carbocycles. The van der Waals surface area contributed by atoms with Gasteiger partial charge in [0.15, 0.2) is 11.9 Å². The molecule has 38 heavy (non-hydrogen) atoms. The van der Waals surface area contributed by atoms with Gasteiger partial charge in [-0.3, -0.25) is 19.7 Å². The van der Waals surface area contributed by atoms with Crippen LogP contribution in [-0.2, 0) is 14.3 Å². The lowest BCUT2D eigenvalue weighted by Gasteiger charge is -2.28. The van der Waals surface area contributed by atoms with E-state index in [9.17, 15) is 24.5 Å². The maximum atomic E-state index is 13.1. The quantitative estimate of drug-likeness (QED) is 0.192. The summed E-state index contributed by atoms with van der Waals surface area (Å²) in [4.78, 5) is 51.4. The van der Waals surface area contributed by atoms with Crippen LogP contribution in [0.15, 0.2) is 66.7 Å². The lowest BCUT2D eigenvalue weighted by molar-refractivity contribution is -0.384. The zero-order chi connectivity index (χ0) is 27.2. The Balaban J connectivity index is 1.43. The fourth-order valence-electron chi connectivity index (χ4n) is 3.91. The molecule has 4 rings (SSSR count). The molecular formula is C27H24ClN3O7. The van der Waals surface area contributed by atoms with Gasteiger partial charge < -0.3 is 19.7 Å². The normalized spacial score (nSPS) is 13.9. The molecule has 10 nitrogen and oxygen atoms in total. The number of halogens is 1. The van der Waals surface area contributed by atoms with Crippen molar-refractivity contribution in [1.29, 1.82) is 0 Å². The summed E-state index contributed by atoms with van der Waals surface area (Å²) in [5, 5.41) is 13.8. The van der Waals surface area contributed by atoms with Crippen molar-refractivity contribution in [2.24, 2.45) is 0 Å². The van der Waals surface area contributed by atoms with E-state index >= 15 is 0 Å². The molecule has 1 aliphatic rings. The van der Waals surface area contributed by atoms with Crippen LogP contribution in [0, 0.1) is 10.1 Å². The topological polar surface area (TPSA) is 128 Å². The second-order valence-electron chi connectivity index (χ2n) is 8.48. The van der Waals surface area contributed by atoms with E-state index in [0.717, 1.165) is 24.8 Å². The first kappa shape index (κ1) is 26.8. The second kappa shape index (κ2) is 11.8. The highest BCUT2D eigenvalue weighted by atomic mass is 35.5. The zero-order valence-electron chi connectivity index (χ0n) is 20.4. The summed E-state index contributed by atoms with van der Waals surface area (Å²) in [6.07, 6.45) is -1.17. The number of ketones is 1. The standard InChI is InChI=1S/C27H24ClN3O7/c1-17(26(33)29-19-7-9-20(10-8-19)30-12-14-37-15-13-30)38-27(34)22-5-3-2-4-21(22)25(32)18-6-11-23(28)24(16-18)31(35)36/h2-11,16-17H,12-15H2,1H3,(H,29,33). The van der Waals surface area contributed by atoms with Crippen LogP contribution in [0.3, 0.4) is 0 Å². The molecule has 1 saturated heterocycles. The predicted molar refractivity (Wildman–Crippen MR) is 141 cm³/mol. The highest BCUT2D eigenvalue weighted by Crippen LogP contribution is 2.27. The largest absolute Gasteiger partial charge is 0.449 e. The Bertz CT molecular complexity index is 1370. The van der Waals surface area contributed by atoms with Gasteiger partial charge in [0, 0.05) is 41.7 Å². The molecule has 196 valence electrons. The van der Waals surface area contributed by atoms with Gasteiger partial charge in [-0.1, -0.05) is 29.8 Å². The van der Waals surface area contributed by atoms with E-state index in [1.165, 1.54) is 31.2 Å². The third-order valence-corrected chi connectivity index (χ3v) is 6.28. The third-order valence-electron chi connectivity index (χ3n) is 5.96. The molecule has 0 aromatic heterocycles. The van der Waals surface area contributed by atoms with Gasteiger partial charge in [0.05, 0.1) is 23.7 Å². The molecule has 1 N–H and O–H groups in total. The van der Waals surface area contributed by atoms with Crippen LogP contribution in [0.5, 0.6) is 0 Å². The Morgan fingerprint density at radius 1 is 1.03 bits per heavy atom. The summed E-state index contributed by atoms with van der Waals surface area (Å²) in [6.45, 7) is 4.32. The number of morpholine rings is 1. The summed E-state index contributed by atoms with van der Waals surface area (Å²) < 4.78 is 10.7. The van der Waals surface area contributed by atoms with Crippen LogP contribution in [0.2, 0.25) is 5.02 Å². The molecule has 0 saturated carbocycles. The number of hydrogen-bond donors (Lipinski definition) is 1. The summed E-state index contributed by atoms with van der Waals surface area (Å²) in [5.74, 6) is -2.06. The number of esters is 1. The number of nitro benzene ring substituents is 1. The number of rotatable bonds is 8. The monoisotopic (exact) mass is 537 g/mol. The van der Waals surface area contributed by atoms with Gasteiger partial charge in [0.2, 0.25) is 0 Å². The highest BCUT2D eigenvalue weighted by molar-refractivity contribution is 6.33. The lowest BCUT2D eigenvalue weighted by Crippen LogP contribution is -2.36. The number of anilines is 2. The van der Waals surface area contributed by atoms with E-state index in [1.54, 1.807) is 24.3 Å². The van der Waals surface area contributed by atoms with Crippen molar-refractivity contribution < 1.29 is 28.8 Å². The van der Waals surface area contributed by atoms with Gasteiger partial charge in [-0.25, -0.2) is 4.79 Å². The van der Waals surface area contributed by atoms with Gasteiger partial charge in [-0.2, -0.15) is 0 Å². The minimum atomic E-state index is -1.17. The Kier molecular flexibility index (Phi) is 8.35. The van der Waals surface area contributed by atoms with Crippen molar-refractivity contribution in [2.75, 3.05) is 36.5 Å². The average Bonchev–Trinajstić information content (AvgIpc) is 2.93. The van der Waals surface area contributed by atoms with Crippen LogP contribution in [0.4, 0.5) is 17.1 Å². The van der Waals surface area contributed by atoms with Gasteiger partial charge in [0.1, 0.15) is 5.02 Å².